The third kappa shape index (κ3) is 3.40. The largest absolute Gasteiger partial charge is 0.295 e. The monoisotopic (exact) mass is 227 g/mol. The Morgan fingerprint density at radius 3 is 2.82 bits per heavy atom. The molecule has 0 aliphatic heterocycles. The van der Waals surface area contributed by atoms with Crippen LogP contribution in [0, 0.1) is 22.7 Å². The van der Waals surface area contributed by atoms with Crippen LogP contribution in [0.25, 0.3) is 0 Å². The summed E-state index contributed by atoms with van der Waals surface area (Å²) in [6.07, 6.45) is 0. The predicted octanol–water partition coefficient (Wildman–Crippen LogP) is 2.06. The van der Waals surface area contributed by atoms with E-state index < -0.39 is 0 Å². The molecule has 0 bridgehead atoms. The van der Waals surface area contributed by atoms with E-state index in [1.807, 2.05) is 6.07 Å². The van der Waals surface area contributed by atoms with Crippen LogP contribution in [-0.2, 0) is 0 Å². The fraction of sp³-hybridized carbons (Fsp3) is 0.182. The zero-order valence-corrected chi connectivity index (χ0v) is 9.14. The molecule has 0 aromatic heterocycles. The number of anilines is 1. The molecule has 0 amide bonds. The molecule has 1 rings (SSSR count). The van der Waals surface area contributed by atoms with Crippen LogP contribution in [0.4, 0.5) is 5.69 Å². The third-order valence-electron chi connectivity index (χ3n) is 1.93. The van der Waals surface area contributed by atoms with Crippen LogP contribution in [0.3, 0.4) is 0 Å². The average molecular weight is 227 g/mol. The van der Waals surface area contributed by atoms with Gasteiger partial charge >= 0.3 is 0 Å². The van der Waals surface area contributed by atoms with E-state index in [0.717, 1.165) is 0 Å². The quantitative estimate of drug-likeness (QED) is 0.368. The number of hydrogen-bond acceptors (Lipinski definition) is 5. The number of nitrogens with zero attached hydrogens (tertiary/aromatic N) is 4. The number of rotatable bonds is 4. The van der Waals surface area contributed by atoms with Crippen LogP contribution in [0.5, 0.6) is 0 Å². The van der Waals surface area contributed by atoms with E-state index in [9.17, 15) is 4.79 Å². The second-order valence-corrected chi connectivity index (χ2v) is 3.10. The molecule has 1 aromatic carbocycles. The molecule has 0 aliphatic carbocycles. The van der Waals surface area contributed by atoms with Crippen molar-refractivity contribution in [1.82, 2.24) is 0 Å². The van der Waals surface area contributed by atoms with Crippen molar-refractivity contribution in [1.29, 1.82) is 10.5 Å². The molecule has 0 spiro atoms. The first-order chi connectivity index (χ1) is 8.19. The highest BCUT2D eigenvalue weighted by Crippen LogP contribution is 2.17. The van der Waals surface area contributed by atoms with Gasteiger partial charge in [0, 0.05) is 5.56 Å². The van der Waals surface area contributed by atoms with Gasteiger partial charge in [-0.05, 0) is 25.1 Å². The zero-order chi connectivity index (χ0) is 12.7. The molecule has 0 heterocycles. The van der Waals surface area contributed by atoms with Crippen LogP contribution >= 0.6 is 0 Å². The first-order valence-electron chi connectivity index (χ1n) is 4.73. The van der Waals surface area contributed by atoms with Crippen molar-refractivity contribution in [3.05, 3.63) is 29.3 Å². The van der Waals surface area contributed by atoms with Crippen LogP contribution in [-0.4, -0.2) is 12.3 Å². The predicted molar refractivity (Wildman–Crippen MR) is 60.1 cm³/mol. The summed E-state index contributed by atoms with van der Waals surface area (Å²) in [5, 5.41) is 24.2. The van der Waals surface area contributed by atoms with Crippen LogP contribution in [0.15, 0.2) is 28.5 Å². The molecular formula is C11H9N5O. The van der Waals surface area contributed by atoms with Gasteiger partial charge in [0.2, 0.25) is 0 Å². The molecule has 84 valence electrons. The molecule has 0 atom stereocenters. The van der Waals surface area contributed by atoms with Crippen LogP contribution in [0.1, 0.15) is 22.8 Å². The van der Waals surface area contributed by atoms with Gasteiger partial charge in [-0.3, -0.25) is 10.2 Å². The summed E-state index contributed by atoms with van der Waals surface area (Å²) in [5.41, 5.74) is 3.74. The van der Waals surface area contributed by atoms with Crippen LogP contribution < -0.4 is 5.43 Å². The standard InChI is InChI=1S/C11H9N5O/c1-8(17)9-2-3-11(10(6-9)7-13)15-16-14-5-4-12/h2-3,6H,5H2,1H3,(H,14,15). The number of carbonyl (C=O) groups excluding carboxylic acids is 1. The Hall–Kier alpha value is -2.73. The van der Waals surface area contributed by atoms with E-state index >= 15 is 0 Å². The maximum absolute atomic E-state index is 11.1. The molecule has 0 saturated carbocycles. The van der Waals surface area contributed by atoms with E-state index in [2.05, 4.69) is 15.8 Å². The smallest absolute Gasteiger partial charge is 0.159 e. The first-order valence-corrected chi connectivity index (χ1v) is 4.73. The van der Waals surface area contributed by atoms with Gasteiger partial charge in [-0.2, -0.15) is 15.6 Å². The lowest BCUT2D eigenvalue weighted by molar-refractivity contribution is 0.101. The lowest BCUT2D eigenvalue weighted by Crippen LogP contribution is -1.97. The van der Waals surface area contributed by atoms with E-state index in [0.29, 0.717) is 16.8 Å². The molecule has 6 nitrogen and oxygen atoms in total. The Labute approximate surface area is 98.2 Å². The molecule has 17 heavy (non-hydrogen) atoms. The highest BCUT2D eigenvalue weighted by atomic mass is 16.1. The molecule has 1 aromatic rings. The molecule has 0 fully saturated rings. The van der Waals surface area contributed by atoms with Crippen molar-refractivity contribution < 1.29 is 4.79 Å². The number of benzene rings is 1. The molecule has 1 N–H and O–H groups in total. The van der Waals surface area contributed by atoms with Gasteiger partial charge in [0.25, 0.3) is 0 Å². The average Bonchev–Trinajstić information content (AvgIpc) is 2.34. The van der Waals surface area contributed by atoms with E-state index in [1.54, 1.807) is 18.2 Å². The maximum atomic E-state index is 11.1. The van der Waals surface area contributed by atoms with Crippen molar-refractivity contribution in [2.24, 2.45) is 10.3 Å². The number of nitriles is 2. The Kier molecular flexibility index (Phi) is 4.34. The minimum Gasteiger partial charge on any atom is -0.295 e. The minimum atomic E-state index is -0.112. The van der Waals surface area contributed by atoms with Crippen LogP contribution in [0.2, 0.25) is 0 Å². The van der Waals surface area contributed by atoms with Gasteiger partial charge in [0.1, 0.15) is 12.6 Å². The van der Waals surface area contributed by atoms with Crippen molar-refractivity contribution in [3.63, 3.8) is 0 Å². The fourth-order valence-electron chi connectivity index (χ4n) is 1.11. The summed E-state index contributed by atoms with van der Waals surface area (Å²) in [6, 6.07) is 8.38. The summed E-state index contributed by atoms with van der Waals surface area (Å²) >= 11 is 0. The van der Waals surface area contributed by atoms with E-state index in [-0.39, 0.29) is 12.3 Å². The second-order valence-electron chi connectivity index (χ2n) is 3.10. The molecule has 6 heteroatoms. The van der Waals surface area contributed by atoms with E-state index in [1.165, 1.54) is 13.0 Å². The van der Waals surface area contributed by atoms with Gasteiger partial charge in [-0.1, -0.05) is 5.22 Å². The minimum absolute atomic E-state index is 0.0551. The molecule has 0 unspecified atom stereocenters. The van der Waals surface area contributed by atoms with Crippen molar-refractivity contribution in [2.75, 3.05) is 12.0 Å². The van der Waals surface area contributed by atoms with Gasteiger partial charge in [0.05, 0.1) is 17.3 Å². The maximum Gasteiger partial charge on any atom is 0.159 e. The summed E-state index contributed by atoms with van der Waals surface area (Å²) in [4.78, 5) is 11.1. The number of Topliss-reactive ketones (excluding diaryl/α,β-unsaturated/α-hetero) is 1. The number of nitrogens with one attached hydrogen (secondary N) is 1. The molecule has 0 aliphatic rings. The number of carbonyl (C=O) groups is 1. The molecule has 0 saturated heterocycles. The molecule has 0 radical (unpaired) electrons. The Morgan fingerprint density at radius 1 is 1.47 bits per heavy atom. The van der Waals surface area contributed by atoms with Gasteiger partial charge in [0.15, 0.2) is 5.78 Å². The SMILES string of the molecule is CC(=O)c1ccc(NN=NCC#N)c(C#N)c1. The summed E-state index contributed by atoms with van der Waals surface area (Å²) < 4.78 is 0. The van der Waals surface area contributed by atoms with E-state index in [4.69, 9.17) is 10.5 Å². The van der Waals surface area contributed by atoms with Crippen molar-refractivity contribution >= 4 is 11.5 Å². The summed E-state index contributed by atoms with van der Waals surface area (Å²) in [7, 11) is 0. The first kappa shape index (κ1) is 12.3. The fourth-order valence-corrected chi connectivity index (χ4v) is 1.11. The Balaban J connectivity index is 2.91. The second kappa shape index (κ2) is 5.99. The third-order valence-corrected chi connectivity index (χ3v) is 1.93. The summed E-state index contributed by atoms with van der Waals surface area (Å²) in [5.74, 6) is -0.112. The zero-order valence-electron chi connectivity index (χ0n) is 9.14. The molecular weight excluding hydrogens is 218 g/mol. The van der Waals surface area contributed by atoms with Crippen molar-refractivity contribution in [3.8, 4) is 12.1 Å². The lowest BCUT2D eigenvalue weighted by Gasteiger charge is -2.03. The van der Waals surface area contributed by atoms with Gasteiger partial charge in [-0.25, -0.2) is 0 Å². The topological polar surface area (TPSA) is 101 Å². The van der Waals surface area contributed by atoms with Gasteiger partial charge < -0.3 is 0 Å². The van der Waals surface area contributed by atoms with Crippen molar-refractivity contribution in [2.45, 2.75) is 6.92 Å². The highest BCUT2D eigenvalue weighted by molar-refractivity contribution is 5.95. The van der Waals surface area contributed by atoms with Gasteiger partial charge in [-0.15, -0.1) is 0 Å². The number of ketones is 1. The number of hydrogen-bond donors (Lipinski definition) is 1. The highest BCUT2D eigenvalue weighted by Gasteiger charge is 2.05. The lowest BCUT2D eigenvalue weighted by atomic mass is 10.1. The summed E-state index contributed by atoms with van der Waals surface area (Å²) in [6.45, 7) is 1.37. The Bertz CT molecular complexity index is 536. The Morgan fingerprint density at radius 2 is 2.24 bits per heavy atom. The normalized spacial score (nSPS) is 9.59.